The quantitative estimate of drug-likeness (QED) is 0.525. The van der Waals surface area contributed by atoms with Gasteiger partial charge in [0.15, 0.2) is 11.6 Å². The van der Waals surface area contributed by atoms with Crippen molar-refractivity contribution in [2.75, 3.05) is 5.32 Å². The Morgan fingerprint density at radius 3 is 2.10 bits per heavy atom. The highest BCUT2D eigenvalue weighted by molar-refractivity contribution is 7.99. The molecule has 29 heavy (non-hydrogen) atoms. The van der Waals surface area contributed by atoms with Crippen molar-refractivity contribution in [3.63, 3.8) is 0 Å². The van der Waals surface area contributed by atoms with Gasteiger partial charge in [0.25, 0.3) is 0 Å². The molecule has 0 aliphatic heterocycles. The van der Waals surface area contributed by atoms with Gasteiger partial charge in [-0.05, 0) is 30.7 Å². The van der Waals surface area contributed by atoms with Crippen LogP contribution in [0.5, 0.6) is 0 Å². The van der Waals surface area contributed by atoms with Gasteiger partial charge in [-0.2, -0.15) is 0 Å². The molecule has 144 valence electrons. The number of rotatable bonds is 5. The zero-order valence-corrected chi connectivity index (χ0v) is 16.7. The molecule has 0 radical (unpaired) electrons. The minimum atomic E-state index is -0.260. The number of hydrogen-bond acceptors (Lipinski definition) is 4. The van der Waals surface area contributed by atoms with E-state index >= 15 is 0 Å². The van der Waals surface area contributed by atoms with Gasteiger partial charge in [0.05, 0.1) is 5.25 Å². The van der Waals surface area contributed by atoms with Crippen LogP contribution in [-0.4, -0.2) is 22.7 Å². The molecule has 3 aromatic rings. The summed E-state index contributed by atoms with van der Waals surface area (Å²) in [5, 5.41) is 2.60. The fourth-order valence-electron chi connectivity index (χ4n) is 3.29. The first-order valence-corrected chi connectivity index (χ1v) is 10.4. The molecule has 0 saturated heterocycles. The highest BCUT2D eigenvalue weighted by Gasteiger charge is 2.29. The summed E-state index contributed by atoms with van der Waals surface area (Å²) in [6.07, 6.45) is 0. The summed E-state index contributed by atoms with van der Waals surface area (Å²) < 4.78 is 0. The Morgan fingerprint density at radius 2 is 1.41 bits per heavy atom. The summed E-state index contributed by atoms with van der Waals surface area (Å²) in [5.41, 5.74) is 3.21. The molecular formula is C24H19NO3S. The molecule has 0 heterocycles. The monoisotopic (exact) mass is 401 g/mol. The van der Waals surface area contributed by atoms with Crippen LogP contribution in [0.1, 0.15) is 44.3 Å². The van der Waals surface area contributed by atoms with E-state index in [0.717, 1.165) is 11.3 Å². The van der Waals surface area contributed by atoms with Crippen molar-refractivity contribution in [1.29, 1.82) is 0 Å². The number of carbonyl (C=O) groups is 3. The lowest BCUT2D eigenvalue weighted by Crippen LogP contribution is -2.24. The van der Waals surface area contributed by atoms with E-state index in [0.29, 0.717) is 27.9 Å². The number of thioether (sulfide) groups is 1. The first-order chi connectivity index (χ1) is 14.0. The molecule has 3 aromatic carbocycles. The zero-order valence-electron chi connectivity index (χ0n) is 15.8. The Morgan fingerprint density at radius 1 is 0.828 bits per heavy atom. The van der Waals surface area contributed by atoms with Crippen molar-refractivity contribution in [2.45, 2.75) is 17.9 Å². The molecule has 4 nitrogen and oxygen atoms in total. The molecule has 5 heteroatoms. The zero-order chi connectivity index (χ0) is 20.4. The van der Waals surface area contributed by atoms with Gasteiger partial charge in [-0.1, -0.05) is 54.6 Å². The number of fused-ring (bicyclic) bond motifs is 2. The summed E-state index contributed by atoms with van der Waals surface area (Å²) in [7, 11) is 0. The summed E-state index contributed by atoms with van der Waals surface area (Å²) >= 11 is 1.54. The number of ketones is 2. The molecule has 0 fully saturated rings. The van der Waals surface area contributed by atoms with Crippen LogP contribution in [0.25, 0.3) is 0 Å². The van der Waals surface area contributed by atoms with Crippen molar-refractivity contribution < 1.29 is 14.4 Å². The van der Waals surface area contributed by atoms with E-state index in [-0.39, 0.29) is 22.7 Å². The van der Waals surface area contributed by atoms with E-state index in [4.69, 9.17) is 0 Å². The Balaban J connectivity index is 1.48. The number of anilines is 1. The average molecular weight is 401 g/mol. The van der Waals surface area contributed by atoms with Crippen LogP contribution in [0.2, 0.25) is 0 Å². The molecule has 1 aliphatic rings. The number of carbonyl (C=O) groups excluding carboxylic acids is 3. The van der Waals surface area contributed by atoms with Crippen LogP contribution in [0, 0.1) is 0 Å². The van der Waals surface area contributed by atoms with E-state index in [1.54, 1.807) is 54.2 Å². The second-order valence-electron chi connectivity index (χ2n) is 6.89. The average Bonchev–Trinajstić information content (AvgIpc) is 2.76. The summed E-state index contributed by atoms with van der Waals surface area (Å²) in [6.45, 7) is 1.85. The predicted molar refractivity (Wildman–Crippen MR) is 116 cm³/mol. The lowest BCUT2D eigenvalue weighted by Gasteiger charge is -2.18. The molecule has 1 amide bonds. The van der Waals surface area contributed by atoms with Crippen molar-refractivity contribution in [3.8, 4) is 0 Å². The van der Waals surface area contributed by atoms with E-state index in [2.05, 4.69) is 5.32 Å². The second-order valence-corrected chi connectivity index (χ2v) is 8.22. The molecule has 0 bridgehead atoms. The van der Waals surface area contributed by atoms with Gasteiger partial charge in [-0.25, -0.2) is 0 Å². The van der Waals surface area contributed by atoms with Gasteiger partial charge in [0, 0.05) is 33.7 Å². The summed E-state index contributed by atoms with van der Waals surface area (Å²) in [4.78, 5) is 38.1. The Labute approximate surface area is 173 Å². The fourth-order valence-corrected chi connectivity index (χ4v) is 4.14. The SMILES string of the molecule is C[C@@H](SCc1ccccc1)C(=O)Nc1ccc2c(c1)C(=O)c1ccccc1C2=O. The van der Waals surface area contributed by atoms with Crippen molar-refractivity contribution in [1.82, 2.24) is 0 Å². The molecule has 4 rings (SSSR count). The molecule has 0 aromatic heterocycles. The highest BCUT2D eigenvalue weighted by atomic mass is 32.2. The van der Waals surface area contributed by atoms with Crippen molar-refractivity contribution in [3.05, 3.63) is 101 Å². The maximum absolute atomic E-state index is 12.8. The fraction of sp³-hybridized carbons (Fsp3) is 0.125. The van der Waals surface area contributed by atoms with Gasteiger partial charge >= 0.3 is 0 Å². The lowest BCUT2D eigenvalue weighted by atomic mass is 9.84. The van der Waals surface area contributed by atoms with Gasteiger partial charge < -0.3 is 5.32 Å². The molecule has 1 aliphatic carbocycles. The molecule has 0 unspecified atom stereocenters. The van der Waals surface area contributed by atoms with Crippen LogP contribution >= 0.6 is 11.8 Å². The van der Waals surface area contributed by atoms with Gasteiger partial charge in [0.2, 0.25) is 5.91 Å². The third-order valence-corrected chi connectivity index (χ3v) is 6.12. The Hall–Kier alpha value is -3.18. The normalized spacial score (nSPS) is 13.4. The van der Waals surface area contributed by atoms with E-state index in [1.165, 1.54) is 0 Å². The third kappa shape index (κ3) is 3.87. The van der Waals surface area contributed by atoms with Crippen LogP contribution in [-0.2, 0) is 10.5 Å². The smallest absolute Gasteiger partial charge is 0.237 e. The van der Waals surface area contributed by atoms with Gasteiger partial charge in [-0.3, -0.25) is 14.4 Å². The standard InChI is InChI=1S/C24H19NO3S/c1-15(29-14-16-7-3-2-4-8-16)24(28)25-17-11-12-20-21(13-17)23(27)19-10-6-5-9-18(19)22(20)26/h2-13,15H,14H2,1H3,(H,25,28)/t15-/m1/s1. The van der Waals surface area contributed by atoms with Crippen LogP contribution < -0.4 is 5.32 Å². The Kier molecular flexibility index (Phi) is 5.32. The molecular weight excluding hydrogens is 382 g/mol. The van der Waals surface area contributed by atoms with E-state index in [9.17, 15) is 14.4 Å². The van der Waals surface area contributed by atoms with E-state index in [1.807, 2.05) is 37.3 Å². The van der Waals surface area contributed by atoms with Crippen LogP contribution in [0.4, 0.5) is 5.69 Å². The van der Waals surface area contributed by atoms with Gasteiger partial charge in [-0.15, -0.1) is 11.8 Å². The molecule has 1 atom stereocenters. The number of benzene rings is 3. The van der Waals surface area contributed by atoms with Crippen molar-refractivity contribution >= 4 is 34.9 Å². The molecule has 0 spiro atoms. The first-order valence-electron chi connectivity index (χ1n) is 9.33. The largest absolute Gasteiger partial charge is 0.325 e. The summed E-state index contributed by atoms with van der Waals surface area (Å²) in [6, 6.07) is 21.7. The molecule has 1 N–H and O–H groups in total. The Bertz CT molecular complexity index is 1110. The maximum atomic E-state index is 12.8. The topological polar surface area (TPSA) is 63.2 Å². The van der Waals surface area contributed by atoms with E-state index < -0.39 is 0 Å². The first kappa shape index (κ1) is 19.2. The van der Waals surface area contributed by atoms with Gasteiger partial charge in [0.1, 0.15) is 0 Å². The second kappa shape index (κ2) is 8.05. The van der Waals surface area contributed by atoms with Crippen LogP contribution in [0.15, 0.2) is 72.8 Å². The summed E-state index contributed by atoms with van der Waals surface area (Å²) in [5.74, 6) is 0.238. The van der Waals surface area contributed by atoms with Crippen molar-refractivity contribution in [2.24, 2.45) is 0 Å². The number of hydrogen-bond donors (Lipinski definition) is 1. The number of amides is 1. The predicted octanol–water partition coefficient (Wildman–Crippen LogP) is 4.72. The maximum Gasteiger partial charge on any atom is 0.237 e. The highest BCUT2D eigenvalue weighted by Crippen LogP contribution is 2.29. The minimum absolute atomic E-state index is 0.138. The third-order valence-electron chi connectivity index (χ3n) is 4.90. The minimum Gasteiger partial charge on any atom is -0.325 e. The number of nitrogens with one attached hydrogen (secondary N) is 1. The molecule has 0 saturated carbocycles. The lowest BCUT2D eigenvalue weighted by molar-refractivity contribution is -0.115. The van der Waals surface area contributed by atoms with Crippen LogP contribution in [0.3, 0.4) is 0 Å².